The molecule has 2 heterocycles. The zero-order valence-electron chi connectivity index (χ0n) is 9.36. The lowest BCUT2D eigenvalue weighted by molar-refractivity contribution is 0.136. The molecule has 0 aliphatic carbocycles. The van der Waals surface area contributed by atoms with E-state index >= 15 is 0 Å². The first kappa shape index (κ1) is 11.1. The van der Waals surface area contributed by atoms with Crippen LogP contribution in [0.3, 0.4) is 0 Å². The molecule has 1 aliphatic heterocycles. The van der Waals surface area contributed by atoms with E-state index in [0.29, 0.717) is 12.0 Å². The Morgan fingerprint density at radius 2 is 2.53 bits per heavy atom. The molecule has 2 nitrogen and oxygen atoms in total. The Bertz CT molecular complexity index is 284. The minimum Gasteiger partial charge on any atom is -0.330 e. The summed E-state index contributed by atoms with van der Waals surface area (Å²) in [5.41, 5.74) is 5.76. The van der Waals surface area contributed by atoms with Crippen LogP contribution >= 0.6 is 11.3 Å². The number of piperidine rings is 1. The molecule has 0 radical (unpaired) electrons. The molecule has 0 unspecified atom stereocenters. The van der Waals surface area contributed by atoms with Gasteiger partial charge in [0.25, 0.3) is 0 Å². The summed E-state index contributed by atoms with van der Waals surface area (Å²) in [7, 11) is 0. The fraction of sp³-hybridized carbons (Fsp3) is 0.667. The van der Waals surface area contributed by atoms with E-state index in [0.717, 1.165) is 6.54 Å². The summed E-state index contributed by atoms with van der Waals surface area (Å²) < 4.78 is 0. The second-order valence-corrected chi connectivity index (χ2v) is 5.41. The third-order valence-corrected chi connectivity index (χ3v) is 4.43. The van der Waals surface area contributed by atoms with Crippen LogP contribution in [0.25, 0.3) is 0 Å². The van der Waals surface area contributed by atoms with Crippen molar-refractivity contribution in [1.29, 1.82) is 0 Å². The number of nitrogens with two attached hydrogens (primary N) is 1. The lowest BCUT2D eigenvalue weighted by Gasteiger charge is -2.36. The zero-order valence-corrected chi connectivity index (χ0v) is 10.2. The van der Waals surface area contributed by atoms with Gasteiger partial charge in [-0.1, -0.05) is 6.07 Å². The molecule has 3 heteroatoms. The average Bonchev–Trinajstić information content (AvgIpc) is 2.81. The van der Waals surface area contributed by atoms with Crippen LogP contribution in [0.15, 0.2) is 17.5 Å². The van der Waals surface area contributed by atoms with Crippen molar-refractivity contribution in [2.45, 2.75) is 25.8 Å². The third-order valence-electron chi connectivity index (χ3n) is 3.39. The van der Waals surface area contributed by atoms with Crippen LogP contribution in [-0.4, -0.2) is 24.5 Å². The van der Waals surface area contributed by atoms with Crippen molar-refractivity contribution in [3.63, 3.8) is 0 Å². The van der Waals surface area contributed by atoms with Gasteiger partial charge in [-0.25, -0.2) is 0 Å². The van der Waals surface area contributed by atoms with E-state index in [1.54, 1.807) is 0 Å². The Morgan fingerprint density at radius 3 is 3.20 bits per heavy atom. The predicted molar refractivity (Wildman–Crippen MR) is 66.1 cm³/mol. The molecule has 0 amide bonds. The number of hydrogen-bond acceptors (Lipinski definition) is 3. The highest BCUT2D eigenvalue weighted by Gasteiger charge is 2.23. The molecule has 1 fully saturated rings. The van der Waals surface area contributed by atoms with E-state index in [4.69, 9.17) is 5.73 Å². The molecule has 1 aromatic rings. The highest BCUT2D eigenvalue weighted by molar-refractivity contribution is 7.10. The summed E-state index contributed by atoms with van der Waals surface area (Å²) in [6, 6.07) is 4.95. The molecule has 84 valence electrons. The van der Waals surface area contributed by atoms with Crippen molar-refractivity contribution in [2.75, 3.05) is 19.6 Å². The minimum absolute atomic E-state index is 0.569. The molecular weight excluding hydrogens is 204 g/mol. The number of nitrogens with zero attached hydrogens (tertiary/aromatic N) is 1. The Hall–Kier alpha value is -0.380. The maximum absolute atomic E-state index is 5.76. The van der Waals surface area contributed by atoms with Gasteiger partial charge in [0.05, 0.1) is 0 Å². The first-order chi connectivity index (χ1) is 7.31. The van der Waals surface area contributed by atoms with E-state index in [9.17, 15) is 0 Å². The van der Waals surface area contributed by atoms with Gasteiger partial charge in [0.15, 0.2) is 0 Å². The van der Waals surface area contributed by atoms with Gasteiger partial charge in [-0.05, 0) is 50.2 Å². The summed E-state index contributed by atoms with van der Waals surface area (Å²) in [4.78, 5) is 4.06. The molecule has 15 heavy (non-hydrogen) atoms. The summed E-state index contributed by atoms with van der Waals surface area (Å²) in [5.74, 6) is 0.709. The van der Waals surface area contributed by atoms with Gasteiger partial charge < -0.3 is 5.73 Å². The van der Waals surface area contributed by atoms with Gasteiger partial charge in [-0.15, -0.1) is 11.3 Å². The lowest BCUT2D eigenvalue weighted by atomic mass is 9.97. The van der Waals surface area contributed by atoms with E-state index < -0.39 is 0 Å². The van der Waals surface area contributed by atoms with Crippen molar-refractivity contribution in [2.24, 2.45) is 11.7 Å². The molecule has 1 aromatic heterocycles. The third kappa shape index (κ3) is 2.60. The Kier molecular flexibility index (Phi) is 3.78. The number of hydrogen-bond donors (Lipinski definition) is 1. The largest absolute Gasteiger partial charge is 0.330 e. The van der Waals surface area contributed by atoms with E-state index in [-0.39, 0.29) is 0 Å². The maximum atomic E-state index is 5.76. The van der Waals surface area contributed by atoms with Crippen LogP contribution in [-0.2, 0) is 0 Å². The highest BCUT2D eigenvalue weighted by Crippen LogP contribution is 2.28. The first-order valence-electron chi connectivity index (χ1n) is 5.78. The topological polar surface area (TPSA) is 29.3 Å². The fourth-order valence-corrected chi connectivity index (χ4v) is 3.17. The molecular formula is C12H20N2S. The molecule has 0 bridgehead atoms. The Morgan fingerprint density at radius 1 is 1.67 bits per heavy atom. The van der Waals surface area contributed by atoms with Crippen LogP contribution in [0.1, 0.15) is 30.7 Å². The first-order valence-corrected chi connectivity index (χ1v) is 6.66. The molecule has 0 aromatic carbocycles. The molecule has 1 aliphatic rings. The Labute approximate surface area is 96.1 Å². The quantitative estimate of drug-likeness (QED) is 0.854. The van der Waals surface area contributed by atoms with Crippen molar-refractivity contribution in [1.82, 2.24) is 4.90 Å². The van der Waals surface area contributed by atoms with Crippen LogP contribution < -0.4 is 5.73 Å². The number of rotatable bonds is 3. The van der Waals surface area contributed by atoms with E-state index in [2.05, 4.69) is 29.3 Å². The minimum atomic E-state index is 0.569. The number of thiophene rings is 1. The summed E-state index contributed by atoms with van der Waals surface area (Å²) in [6.45, 7) is 5.56. The molecule has 2 N–H and O–H groups in total. The molecule has 2 atom stereocenters. The van der Waals surface area contributed by atoms with Gasteiger partial charge in [-0.3, -0.25) is 4.90 Å². The van der Waals surface area contributed by atoms with Crippen molar-refractivity contribution >= 4 is 11.3 Å². The highest BCUT2D eigenvalue weighted by atomic mass is 32.1. The van der Waals surface area contributed by atoms with Gasteiger partial charge >= 0.3 is 0 Å². The summed E-state index contributed by atoms with van der Waals surface area (Å²) in [5, 5.41) is 2.16. The standard InChI is InChI=1S/C12H20N2S/c1-10(12-5-3-7-15-12)14-6-2-4-11(8-13)9-14/h3,5,7,10-11H,2,4,6,8-9,13H2,1H3/t10-,11+/m1/s1. The normalized spacial score (nSPS) is 25.3. The van der Waals surface area contributed by atoms with Gasteiger partial charge in [0.1, 0.15) is 0 Å². The van der Waals surface area contributed by atoms with Crippen LogP contribution in [0.2, 0.25) is 0 Å². The predicted octanol–water partition coefficient (Wildman–Crippen LogP) is 2.48. The van der Waals surface area contributed by atoms with Gasteiger partial charge in [-0.2, -0.15) is 0 Å². The molecule has 2 rings (SSSR count). The second kappa shape index (κ2) is 5.10. The van der Waals surface area contributed by atoms with Crippen LogP contribution in [0.4, 0.5) is 0 Å². The van der Waals surface area contributed by atoms with Crippen LogP contribution in [0, 0.1) is 5.92 Å². The maximum Gasteiger partial charge on any atom is 0.0413 e. The molecule has 0 saturated carbocycles. The second-order valence-electron chi connectivity index (χ2n) is 4.43. The van der Waals surface area contributed by atoms with Crippen LogP contribution in [0.5, 0.6) is 0 Å². The summed E-state index contributed by atoms with van der Waals surface area (Å²) >= 11 is 1.86. The fourth-order valence-electron chi connectivity index (χ4n) is 2.35. The number of likely N-dealkylation sites (tertiary alicyclic amines) is 1. The monoisotopic (exact) mass is 224 g/mol. The van der Waals surface area contributed by atoms with E-state index in [1.807, 2.05) is 11.3 Å². The Balaban J connectivity index is 1.98. The molecule has 0 spiro atoms. The van der Waals surface area contributed by atoms with Crippen molar-refractivity contribution < 1.29 is 0 Å². The molecule has 1 saturated heterocycles. The van der Waals surface area contributed by atoms with Gasteiger partial charge in [0, 0.05) is 17.5 Å². The lowest BCUT2D eigenvalue weighted by Crippen LogP contribution is -2.39. The van der Waals surface area contributed by atoms with E-state index in [1.165, 1.54) is 30.8 Å². The van der Waals surface area contributed by atoms with Crippen molar-refractivity contribution in [3.8, 4) is 0 Å². The van der Waals surface area contributed by atoms with Crippen molar-refractivity contribution in [3.05, 3.63) is 22.4 Å². The average molecular weight is 224 g/mol. The smallest absolute Gasteiger partial charge is 0.0413 e. The van der Waals surface area contributed by atoms with Gasteiger partial charge in [0.2, 0.25) is 0 Å². The summed E-state index contributed by atoms with van der Waals surface area (Å²) in [6.07, 6.45) is 2.61. The SMILES string of the molecule is C[C@H](c1cccs1)N1CCC[C@@H](CN)C1. The zero-order chi connectivity index (χ0) is 10.7.